The number of amides is 1. The molecule has 0 unspecified atom stereocenters. The molecule has 4 nitrogen and oxygen atoms in total. The van der Waals surface area contributed by atoms with Gasteiger partial charge in [-0.05, 0) is 42.6 Å². The van der Waals surface area contributed by atoms with Gasteiger partial charge < -0.3 is 5.32 Å². The summed E-state index contributed by atoms with van der Waals surface area (Å²) in [5.41, 5.74) is 5.27. The van der Waals surface area contributed by atoms with E-state index in [2.05, 4.69) is 16.2 Å². The van der Waals surface area contributed by atoms with Crippen molar-refractivity contribution in [1.29, 1.82) is 0 Å². The van der Waals surface area contributed by atoms with Crippen molar-refractivity contribution >= 4 is 35.0 Å². The molecule has 0 radical (unpaired) electrons. The topological polar surface area (TPSA) is 53.2 Å². The summed E-state index contributed by atoms with van der Waals surface area (Å²) in [6.07, 6.45) is 6.24. The van der Waals surface area contributed by atoms with Crippen molar-refractivity contribution in [1.82, 2.24) is 16.2 Å². The van der Waals surface area contributed by atoms with E-state index in [1.165, 1.54) is 30.7 Å². The zero-order valence-electron chi connectivity index (χ0n) is 11.7. The molecule has 1 amide bonds. The minimum Gasteiger partial charge on any atom is -0.359 e. The van der Waals surface area contributed by atoms with Crippen molar-refractivity contribution < 1.29 is 4.79 Å². The smallest absolute Gasteiger partial charge is 0.262 e. The lowest BCUT2D eigenvalue weighted by Crippen LogP contribution is -2.48. The lowest BCUT2D eigenvalue weighted by molar-refractivity contribution is -0.117. The largest absolute Gasteiger partial charge is 0.359 e. The van der Waals surface area contributed by atoms with Gasteiger partial charge in [0.2, 0.25) is 0 Å². The Labute approximate surface area is 134 Å². The third-order valence-electron chi connectivity index (χ3n) is 3.16. The fraction of sp³-hybridized carbons (Fsp3) is 0.333. The number of hydrazine groups is 1. The van der Waals surface area contributed by atoms with E-state index in [1.807, 2.05) is 30.3 Å². The highest BCUT2D eigenvalue weighted by atomic mass is 32.2. The molecule has 1 aromatic rings. The summed E-state index contributed by atoms with van der Waals surface area (Å²) >= 11 is 6.62. The van der Waals surface area contributed by atoms with Gasteiger partial charge in [0.15, 0.2) is 5.11 Å². The van der Waals surface area contributed by atoms with Crippen molar-refractivity contribution in [2.24, 2.45) is 0 Å². The molecule has 0 aromatic heterocycles. The molecule has 1 aliphatic rings. The molecule has 0 atom stereocenters. The molecule has 6 heteroatoms. The Hall–Kier alpha value is -1.53. The first-order valence-electron chi connectivity index (χ1n) is 6.99. The molecule has 0 bridgehead atoms. The molecular formula is C15H19N3OS2. The van der Waals surface area contributed by atoms with E-state index >= 15 is 0 Å². The Morgan fingerprint density at radius 1 is 1.19 bits per heavy atom. The van der Waals surface area contributed by atoms with Gasteiger partial charge in [0.1, 0.15) is 0 Å². The van der Waals surface area contributed by atoms with E-state index in [0.29, 0.717) is 11.2 Å². The maximum absolute atomic E-state index is 11.6. The van der Waals surface area contributed by atoms with Gasteiger partial charge in [-0.1, -0.05) is 42.8 Å². The number of hydrogen-bond acceptors (Lipinski definition) is 3. The fourth-order valence-electron chi connectivity index (χ4n) is 2.13. The number of nitrogens with one attached hydrogen (secondary N) is 3. The zero-order valence-corrected chi connectivity index (χ0v) is 13.3. The molecule has 21 heavy (non-hydrogen) atoms. The number of carbonyl (C=O) groups is 1. The van der Waals surface area contributed by atoms with Crippen molar-refractivity contribution in [3.63, 3.8) is 0 Å². The predicted octanol–water partition coefficient (Wildman–Crippen LogP) is 2.73. The van der Waals surface area contributed by atoms with Gasteiger partial charge in [-0.3, -0.25) is 15.6 Å². The minimum absolute atomic E-state index is 0.228. The highest BCUT2D eigenvalue weighted by Gasteiger charge is 2.15. The number of hydrogen-bond donors (Lipinski definition) is 3. The van der Waals surface area contributed by atoms with Crippen LogP contribution in [0, 0.1) is 0 Å². The molecule has 1 aromatic carbocycles. The molecule has 1 saturated carbocycles. The highest BCUT2D eigenvalue weighted by Crippen LogP contribution is 2.18. The van der Waals surface area contributed by atoms with Gasteiger partial charge in [-0.2, -0.15) is 0 Å². The lowest BCUT2D eigenvalue weighted by atomic mass is 10.3. The van der Waals surface area contributed by atoms with Gasteiger partial charge in [0.25, 0.3) is 5.91 Å². The van der Waals surface area contributed by atoms with Gasteiger partial charge in [-0.15, -0.1) is 0 Å². The molecule has 3 N–H and O–H groups in total. The minimum atomic E-state index is -0.228. The van der Waals surface area contributed by atoms with Gasteiger partial charge in [-0.25, -0.2) is 0 Å². The van der Waals surface area contributed by atoms with E-state index in [0.717, 1.165) is 17.7 Å². The molecule has 0 saturated heterocycles. The molecule has 0 aliphatic heterocycles. The van der Waals surface area contributed by atoms with Crippen LogP contribution in [0.3, 0.4) is 0 Å². The first-order chi connectivity index (χ1) is 10.2. The van der Waals surface area contributed by atoms with Crippen LogP contribution in [0.2, 0.25) is 0 Å². The molecule has 0 heterocycles. The number of thiocarbonyl (C=S) groups is 1. The lowest BCUT2D eigenvalue weighted by Gasteiger charge is -2.15. The second-order valence-electron chi connectivity index (χ2n) is 4.80. The van der Waals surface area contributed by atoms with Crippen LogP contribution in [-0.2, 0) is 4.79 Å². The van der Waals surface area contributed by atoms with Crippen LogP contribution >= 0.6 is 24.0 Å². The second-order valence-corrected chi connectivity index (χ2v) is 6.19. The fourth-order valence-corrected chi connectivity index (χ4v) is 3.01. The Balaban J connectivity index is 1.63. The third kappa shape index (κ3) is 6.18. The summed E-state index contributed by atoms with van der Waals surface area (Å²) in [6.45, 7) is 0. The van der Waals surface area contributed by atoms with Gasteiger partial charge >= 0.3 is 0 Å². The zero-order chi connectivity index (χ0) is 14.9. The third-order valence-corrected chi connectivity index (χ3v) is 4.19. The average molecular weight is 321 g/mol. The van der Waals surface area contributed by atoms with E-state index in [9.17, 15) is 4.79 Å². The summed E-state index contributed by atoms with van der Waals surface area (Å²) in [5.74, 6) is -0.228. The predicted molar refractivity (Wildman–Crippen MR) is 90.7 cm³/mol. The van der Waals surface area contributed by atoms with Crippen LogP contribution in [0.4, 0.5) is 0 Å². The number of benzene rings is 1. The van der Waals surface area contributed by atoms with E-state index in [-0.39, 0.29) is 5.91 Å². The molecule has 0 spiro atoms. The summed E-state index contributed by atoms with van der Waals surface area (Å²) in [6, 6.07) is 10.3. The maximum atomic E-state index is 11.6. The van der Waals surface area contributed by atoms with Crippen molar-refractivity contribution in [2.75, 3.05) is 0 Å². The molecule has 1 aliphatic carbocycles. The maximum Gasteiger partial charge on any atom is 0.262 e. The first kappa shape index (κ1) is 15.9. The summed E-state index contributed by atoms with van der Waals surface area (Å²) < 4.78 is 0. The normalized spacial score (nSPS) is 15.0. The number of thioether (sulfide) groups is 1. The Morgan fingerprint density at radius 2 is 1.90 bits per heavy atom. The molecule has 2 rings (SSSR count). The van der Waals surface area contributed by atoms with Crippen LogP contribution in [0.25, 0.3) is 0 Å². The van der Waals surface area contributed by atoms with Crippen LogP contribution in [0.15, 0.2) is 46.7 Å². The summed E-state index contributed by atoms with van der Waals surface area (Å²) in [7, 11) is 0. The highest BCUT2D eigenvalue weighted by molar-refractivity contribution is 8.02. The van der Waals surface area contributed by atoms with Gasteiger partial charge in [0.05, 0.1) is 0 Å². The van der Waals surface area contributed by atoms with Crippen LogP contribution in [-0.4, -0.2) is 17.1 Å². The average Bonchev–Trinajstić information content (AvgIpc) is 2.99. The molecule has 1 fully saturated rings. The van der Waals surface area contributed by atoms with Crippen LogP contribution < -0.4 is 16.2 Å². The van der Waals surface area contributed by atoms with Crippen molar-refractivity contribution in [3.05, 3.63) is 41.8 Å². The van der Waals surface area contributed by atoms with Crippen LogP contribution in [0.1, 0.15) is 25.7 Å². The Bertz CT molecular complexity index is 499. The van der Waals surface area contributed by atoms with Crippen molar-refractivity contribution in [2.45, 2.75) is 36.6 Å². The molecular weight excluding hydrogens is 302 g/mol. The number of rotatable bonds is 4. The monoisotopic (exact) mass is 321 g/mol. The first-order valence-corrected chi connectivity index (χ1v) is 8.27. The quantitative estimate of drug-likeness (QED) is 0.345. The van der Waals surface area contributed by atoms with Gasteiger partial charge in [0, 0.05) is 17.0 Å². The molecule has 112 valence electrons. The van der Waals surface area contributed by atoms with E-state index < -0.39 is 0 Å². The second kappa shape index (κ2) is 8.69. The standard InChI is InChI=1S/C15H19N3OS2/c19-14(10-11-21-13-8-2-1-3-9-13)17-18-15(20)16-12-6-4-5-7-12/h1-3,8-12H,4-7H2,(H,17,19)(H2,16,18,20)/b11-10+. The van der Waals surface area contributed by atoms with E-state index in [4.69, 9.17) is 12.2 Å². The summed E-state index contributed by atoms with van der Waals surface area (Å²) in [5, 5.41) is 5.41. The Morgan fingerprint density at radius 3 is 2.62 bits per heavy atom. The van der Waals surface area contributed by atoms with Crippen molar-refractivity contribution in [3.8, 4) is 0 Å². The Kier molecular flexibility index (Phi) is 6.56. The SMILES string of the molecule is O=C(/C=C/Sc1ccccc1)NNC(=S)NC1CCCC1. The van der Waals surface area contributed by atoms with Crippen LogP contribution in [0.5, 0.6) is 0 Å². The van der Waals surface area contributed by atoms with E-state index in [1.54, 1.807) is 5.41 Å². The summed E-state index contributed by atoms with van der Waals surface area (Å²) in [4.78, 5) is 12.7. The number of carbonyl (C=O) groups excluding carboxylic acids is 1.